The lowest BCUT2D eigenvalue weighted by Crippen LogP contribution is -2.40. The zero-order valence-corrected chi connectivity index (χ0v) is 10.7. The summed E-state index contributed by atoms with van der Waals surface area (Å²) in [4.78, 5) is 22.5. The largest absolute Gasteiger partial charge is 0.361 e. The van der Waals surface area contributed by atoms with Crippen molar-refractivity contribution in [1.29, 1.82) is 0 Å². The van der Waals surface area contributed by atoms with Crippen LogP contribution in [0.15, 0.2) is 4.52 Å². The molecule has 0 bridgehead atoms. The van der Waals surface area contributed by atoms with Crippen molar-refractivity contribution in [1.82, 2.24) is 15.8 Å². The maximum atomic E-state index is 11.6. The summed E-state index contributed by atoms with van der Waals surface area (Å²) in [5.74, 6) is 0.0192. The molecule has 1 unspecified atom stereocenters. The Labute approximate surface area is 105 Å². The predicted molar refractivity (Wildman–Crippen MR) is 64.6 cm³/mol. The lowest BCUT2D eigenvalue weighted by molar-refractivity contribution is -0.125. The summed E-state index contributed by atoms with van der Waals surface area (Å²) in [6, 6.07) is -0.224. The van der Waals surface area contributed by atoms with Crippen molar-refractivity contribution in [3.8, 4) is 0 Å². The standard InChI is InChI=1S/C11H18N4O3/c1-6(11-7(2)15-18-8(11)3)14-10(17)5-13-9(16)4-12/h6H,4-5,12H2,1-3H3,(H,13,16)(H,14,17). The first-order valence-corrected chi connectivity index (χ1v) is 5.64. The van der Waals surface area contributed by atoms with Crippen molar-refractivity contribution in [3.63, 3.8) is 0 Å². The molecule has 7 nitrogen and oxygen atoms in total. The summed E-state index contributed by atoms with van der Waals surface area (Å²) >= 11 is 0. The van der Waals surface area contributed by atoms with E-state index in [0.717, 1.165) is 11.3 Å². The van der Waals surface area contributed by atoms with Crippen molar-refractivity contribution in [2.24, 2.45) is 5.73 Å². The molecule has 1 rings (SSSR count). The number of carbonyl (C=O) groups is 2. The minimum atomic E-state index is -0.366. The normalized spacial score (nSPS) is 12.0. The van der Waals surface area contributed by atoms with Gasteiger partial charge < -0.3 is 20.9 Å². The molecule has 0 aromatic carbocycles. The molecule has 1 heterocycles. The van der Waals surface area contributed by atoms with Gasteiger partial charge in [0.05, 0.1) is 24.8 Å². The van der Waals surface area contributed by atoms with Gasteiger partial charge in [0.2, 0.25) is 11.8 Å². The van der Waals surface area contributed by atoms with Crippen LogP contribution < -0.4 is 16.4 Å². The monoisotopic (exact) mass is 254 g/mol. The predicted octanol–water partition coefficient (Wildman–Crippen LogP) is -0.456. The summed E-state index contributed by atoms with van der Waals surface area (Å²) in [5, 5.41) is 8.97. The Kier molecular flexibility index (Phi) is 4.85. The molecule has 7 heteroatoms. The molecular weight excluding hydrogens is 236 g/mol. The van der Waals surface area contributed by atoms with E-state index in [1.807, 2.05) is 13.8 Å². The molecule has 1 aromatic heterocycles. The Balaban J connectivity index is 2.52. The molecular formula is C11H18N4O3. The van der Waals surface area contributed by atoms with Crippen LogP contribution in [0, 0.1) is 13.8 Å². The molecule has 0 aliphatic rings. The van der Waals surface area contributed by atoms with Crippen molar-refractivity contribution < 1.29 is 14.1 Å². The highest BCUT2D eigenvalue weighted by atomic mass is 16.5. The van der Waals surface area contributed by atoms with Crippen LogP contribution in [0.3, 0.4) is 0 Å². The molecule has 0 radical (unpaired) electrons. The zero-order valence-electron chi connectivity index (χ0n) is 10.7. The van der Waals surface area contributed by atoms with Gasteiger partial charge in [-0.2, -0.15) is 0 Å². The molecule has 0 saturated carbocycles. The van der Waals surface area contributed by atoms with Crippen LogP contribution in [-0.4, -0.2) is 30.1 Å². The Hall–Kier alpha value is -1.89. The van der Waals surface area contributed by atoms with Crippen LogP contribution in [0.25, 0.3) is 0 Å². The molecule has 0 aliphatic heterocycles. The van der Waals surface area contributed by atoms with Crippen molar-refractivity contribution in [2.75, 3.05) is 13.1 Å². The number of hydrogen-bond acceptors (Lipinski definition) is 5. The van der Waals surface area contributed by atoms with Crippen LogP contribution in [0.2, 0.25) is 0 Å². The topological polar surface area (TPSA) is 110 Å². The van der Waals surface area contributed by atoms with Gasteiger partial charge in [-0.15, -0.1) is 0 Å². The summed E-state index contributed by atoms with van der Waals surface area (Å²) in [6.45, 7) is 5.20. The highest BCUT2D eigenvalue weighted by Gasteiger charge is 2.18. The molecule has 0 aliphatic carbocycles. The van der Waals surface area contributed by atoms with Gasteiger partial charge >= 0.3 is 0 Å². The van der Waals surface area contributed by atoms with Gasteiger partial charge in [-0.3, -0.25) is 9.59 Å². The number of aryl methyl sites for hydroxylation is 2. The van der Waals surface area contributed by atoms with E-state index in [-0.39, 0.29) is 30.9 Å². The molecule has 2 amide bonds. The number of nitrogens with one attached hydrogen (secondary N) is 2. The zero-order chi connectivity index (χ0) is 13.7. The van der Waals surface area contributed by atoms with Gasteiger partial charge in [0.1, 0.15) is 5.76 Å². The van der Waals surface area contributed by atoms with Crippen LogP contribution in [0.1, 0.15) is 30.0 Å². The molecule has 1 aromatic rings. The summed E-state index contributed by atoms with van der Waals surface area (Å²) in [6.07, 6.45) is 0. The first-order chi connectivity index (χ1) is 8.45. The number of carbonyl (C=O) groups excluding carboxylic acids is 2. The second-order valence-electron chi connectivity index (χ2n) is 4.01. The van der Waals surface area contributed by atoms with E-state index in [2.05, 4.69) is 15.8 Å². The second kappa shape index (κ2) is 6.15. The van der Waals surface area contributed by atoms with Crippen molar-refractivity contribution in [3.05, 3.63) is 17.0 Å². The van der Waals surface area contributed by atoms with Gasteiger partial charge in [-0.1, -0.05) is 5.16 Å². The third-order valence-corrected chi connectivity index (χ3v) is 2.53. The van der Waals surface area contributed by atoms with Crippen LogP contribution >= 0.6 is 0 Å². The Morgan fingerprint density at radius 2 is 2.06 bits per heavy atom. The molecule has 0 fully saturated rings. The number of hydrogen-bond donors (Lipinski definition) is 3. The molecule has 1 atom stereocenters. The summed E-state index contributed by atoms with van der Waals surface area (Å²) in [5.41, 5.74) is 6.71. The number of nitrogens with zero attached hydrogens (tertiary/aromatic N) is 1. The molecule has 4 N–H and O–H groups in total. The Morgan fingerprint density at radius 3 is 2.56 bits per heavy atom. The van der Waals surface area contributed by atoms with Crippen molar-refractivity contribution >= 4 is 11.8 Å². The van der Waals surface area contributed by atoms with Crippen LogP contribution in [0.4, 0.5) is 0 Å². The number of aromatic nitrogens is 1. The molecule has 0 saturated heterocycles. The minimum Gasteiger partial charge on any atom is -0.361 e. The Bertz CT molecular complexity index is 422. The average Bonchev–Trinajstić information content (AvgIpc) is 2.65. The van der Waals surface area contributed by atoms with E-state index >= 15 is 0 Å². The third kappa shape index (κ3) is 3.56. The lowest BCUT2D eigenvalue weighted by atomic mass is 10.1. The van der Waals surface area contributed by atoms with Gasteiger partial charge in [-0.05, 0) is 20.8 Å². The highest BCUT2D eigenvalue weighted by molar-refractivity contribution is 5.85. The quantitative estimate of drug-likeness (QED) is 0.658. The van der Waals surface area contributed by atoms with E-state index in [9.17, 15) is 9.59 Å². The number of rotatable bonds is 5. The first kappa shape index (κ1) is 14.2. The van der Waals surface area contributed by atoms with Gasteiger partial charge in [-0.25, -0.2) is 0 Å². The van der Waals surface area contributed by atoms with Gasteiger partial charge in [0.15, 0.2) is 0 Å². The molecule has 0 spiro atoms. The maximum absolute atomic E-state index is 11.6. The summed E-state index contributed by atoms with van der Waals surface area (Å²) in [7, 11) is 0. The second-order valence-corrected chi connectivity index (χ2v) is 4.01. The smallest absolute Gasteiger partial charge is 0.239 e. The fourth-order valence-electron chi connectivity index (χ4n) is 1.72. The fraction of sp³-hybridized carbons (Fsp3) is 0.545. The number of nitrogens with two attached hydrogens (primary N) is 1. The van der Waals surface area contributed by atoms with E-state index in [0.29, 0.717) is 5.76 Å². The molecule has 100 valence electrons. The van der Waals surface area contributed by atoms with Gasteiger partial charge in [0, 0.05) is 5.56 Å². The van der Waals surface area contributed by atoms with E-state index in [1.165, 1.54) is 0 Å². The van der Waals surface area contributed by atoms with Crippen LogP contribution in [0.5, 0.6) is 0 Å². The SMILES string of the molecule is Cc1noc(C)c1C(C)NC(=O)CNC(=O)CN. The summed E-state index contributed by atoms with van der Waals surface area (Å²) < 4.78 is 5.03. The van der Waals surface area contributed by atoms with Gasteiger partial charge in [0.25, 0.3) is 0 Å². The highest BCUT2D eigenvalue weighted by Crippen LogP contribution is 2.20. The molecule has 18 heavy (non-hydrogen) atoms. The third-order valence-electron chi connectivity index (χ3n) is 2.53. The lowest BCUT2D eigenvalue weighted by Gasteiger charge is -2.13. The fourth-order valence-corrected chi connectivity index (χ4v) is 1.72. The Morgan fingerprint density at radius 1 is 1.39 bits per heavy atom. The minimum absolute atomic E-state index is 0.0935. The van der Waals surface area contributed by atoms with E-state index < -0.39 is 0 Å². The first-order valence-electron chi connectivity index (χ1n) is 5.64. The van der Waals surface area contributed by atoms with E-state index in [4.69, 9.17) is 10.3 Å². The van der Waals surface area contributed by atoms with Crippen LogP contribution in [-0.2, 0) is 9.59 Å². The van der Waals surface area contributed by atoms with E-state index in [1.54, 1.807) is 6.92 Å². The number of amides is 2. The maximum Gasteiger partial charge on any atom is 0.239 e. The van der Waals surface area contributed by atoms with Crippen molar-refractivity contribution in [2.45, 2.75) is 26.8 Å². The average molecular weight is 254 g/mol.